The van der Waals surface area contributed by atoms with Crippen molar-refractivity contribution in [1.82, 2.24) is 5.32 Å². The van der Waals surface area contributed by atoms with E-state index in [1.807, 2.05) is 0 Å². The van der Waals surface area contributed by atoms with Gasteiger partial charge in [0, 0.05) is 18.0 Å². The van der Waals surface area contributed by atoms with Crippen molar-refractivity contribution in [2.45, 2.75) is 83.7 Å². The summed E-state index contributed by atoms with van der Waals surface area (Å²) in [5, 5.41) is 3.16. The lowest BCUT2D eigenvalue weighted by Gasteiger charge is -2.26. The van der Waals surface area contributed by atoms with E-state index < -0.39 is 0 Å². The molecule has 3 heteroatoms. The van der Waals surface area contributed by atoms with E-state index in [-0.39, 0.29) is 11.8 Å². The molecule has 0 radical (unpaired) electrons. The van der Waals surface area contributed by atoms with Crippen molar-refractivity contribution in [3.8, 4) is 0 Å². The lowest BCUT2D eigenvalue weighted by molar-refractivity contribution is -0.126. The molecule has 0 aromatic rings. The van der Waals surface area contributed by atoms with Crippen molar-refractivity contribution in [2.75, 3.05) is 0 Å². The van der Waals surface area contributed by atoms with E-state index in [1.165, 1.54) is 25.7 Å². The molecular weight excluding hydrogens is 224 g/mol. The average molecular weight is 254 g/mol. The molecule has 1 unspecified atom stereocenters. The summed E-state index contributed by atoms with van der Waals surface area (Å²) in [6.45, 7) is 4.34. The number of unbranched alkanes of at least 4 members (excludes halogenated alkanes) is 3. The molecule has 0 aromatic carbocycles. The highest BCUT2D eigenvalue weighted by Crippen LogP contribution is 2.23. The SMILES string of the molecule is CCCCCCC(C)NC(=O)C1CCC(N)CC1. The lowest BCUT2D eigenvalue weighted by atomic mass is 9.86. The molecule has 0 aromatic heterocycles. The minimum absolute atomic E-state index is 0.211. The third-order valence-electron chi connectivity index (χ3n) is 4.02. The van der Waals surface area contributed by atoms with E-state index in [0.717, 1.165) is 32.1 Å². The third-order valence-corrected chi connectivity index (χ3v) is 4.02. The molecule has 1 saturated carbocycles. The molecule has 1 fully saturated rings. The van der Waals surface area contributed by atoms with E-state index >= 15 is 0 Å². The molecule has 1 rings (SSSR count). The second kappa shape index (κ2) is 8.52. The summed E-state index contributed by atoms with van der Waals surface area (Å²) in [5.74, 6) is 0.466. The van der Waals surface area contributed by atoms with Crippen LogP contribution in [0, 0.1) is 5.92 Å². The van der Waals surface area contributed by atoms with E-state index in [4.69, 9.17) is 5.73 Å². The second-order valence-corrected chi connectivity index (χ2v) is 5.87. The Balaban J connectivity index is 2.14. The highest BCUT2D eigenvalue weighted by Gasteiger charge is 2.25. The van der Waals surface area contributed by atoms with Gasteiger partial charge >= 0.3 is 0 Å². The number of carbonyl (C=O) groups is 1. The number of carbonyl (C=O) groups excluding carboxylic acids is 1. The Labute approximate surface area is 112 Å². The van der Waals surface area contributed by atoms with Gasteiger partial charge in [-0.05, 0) is 39.0 Å². The van der Waals surface area contributed by atoms with Crippen molar-refractivity contribution in [2.24, 2.45) is 11.7 Å². The van der Waals surface area contributed by atoms with E-state index in [9.17, 15) is 4.79 Å². The Bertz CT molecular complexity index is 235. The molecule has 3 N–H and O–H groups in total. The van der Waals surface area contributed by atoms with Crippen LogP contribution in [-0.2, 0) is 4.79 Å². The topological polar surface area (TPSA) is 55.1 Å². The Morgan fingerprint density at radius 1 is 1.22 bits per heavy atom. The van der Waals surface area contributed by atoms with Gasteiger partial charge in [0.2, 0.25) is 5.91 Å². The molecule has 1 aliphatic carbocycles. The quantitative estimate of drug-likeness (QED) is 0.686. The maximum atomic E-state index is 12.1. The zero-order valence-electron chi connectivity index (χ0n) is 12.1. The molecular formula is C15H30N2O. The molecule has 106 valence electrons. The molecule has 0 heterocycles. The van der Waals surface area contributed by atoms with Crippen molar-refractivity contribution in [1.29, 1.82) is 0 Å². The van der Waals surface area contributed by atoms with E-state index in [1.54, 1.807) is 0 Å². The minimum Gasteiger partial charge on any atom is -0.353 e. The largest absolute Gasteiger partial charge is 0.353 e. The summed E-state index contributed by atoms with van der Waals surface area (Å²) < 4.78 is 0. The van der Waals surface area contributed by atoms with Crippen LogP contribution in [0.5, 0.6) is 0 Å². The standard InChI is InChI=1S/C15H30N2O/c1-3-4-5-6-7-12(2)17-15(18)13-8-10-14(16)11-9-13/h12-14H,3-11,16H2,1-2H3,(H,17,18). The van der Waals surface area contributed by atoms with Gasteiger partial charge in [-0.25, -0.2) is 0 Å². The molecule has 3 nitrogen and oxygen atoms in total. The number of rotatable bonds is 7. The van der Waals surface area contributed by atoms with E-state index in [2.05, 4.69) is 19.2 Å². The zero-order valence-corrected chi connectivity index (χ0v) is 12.1. The molecule has 1 amide bonds. The Kier molecular flexibility index (Phi) is 7.33. The summed E-state index contributed by atoms with van der Waals surface area (Å²) in [7, 11) is 0. The van der Waals surface area contributed by atoms with Gasteiger partial charge in [-0.3, -0.25) is 4.79 Å². The van der Waals surface area contributed by atoms with Gasteiger partial charge in [-0.1, -0.05) is 32.6 Å². The summed E-state index contributed by atoms with van der Waals surface area (Å²) in [5.41, 5.74) is 5.86. The second-order valence-electron chi connectivity index (χ2n) is 5.87. The fourth-order valence-electron chi connectivity index (χ4n) is 2.69. The number of nitrogens with one attached hydrogen (secondary N) is 1. The van der Waals surface area contributed by atoms with Crippen LogP contribution in [0.1, 0.15) is 71.6 Å². The first kappa shape index (κ1) is 15.5. The minimum atomic E-state index is 0.211. The summed E-state index contributed by atoms with van der Waals surface area (Å²) in [4.78, 5) is 12.1. The van der Waals surface area contributed by atoms with Gasteiger partial charge in [0.15, 0.2) is 0 Å². The number of nitrogens with two attached hydrogens (primary N) is 1. The van der Waals surface area contributed by atoms with Crippen molar-refractivity contribution in [3.05, 3.63) is 0 Å². The highest BCUT2D eigenvalue weighted by molar-refractivity contribution is 5.78. The lowest BCUT2D eigenvalue weighted by Crippen LogP contribution is -2.40. The fraction of sp³-hybridized carbons (Fsp3) is 0.933. The van der Waals surface area contributed by atoms with Crippen LogP contribution >= 0.6 is 0 Å². The molecule has 0 aliphatic heterocycles. The molecule has 0 saturated heterocycles. The van der Waals surface area contributed by atoms with Gasteiger partial charge in [0.1, 0.15) is 0 Å². The molecule has 0 bridgehead atoms. The molecule has 0 spiro atoms. The summed E-state index contributed by atoms with van der Waals surface area (Å²) in [6, 6.07) is 0.644. The van der Waals surface area contributed by atoms with Crippen LogP contribution in [-0.4, -0.2) is 18.0 Å². The zero-order chi connectivity index (χ0) is 13.4. The maximum Gasteiger partial charge on any atom is 0.223 e. The first-order valence-corrected chi connectivity index (χ1v) is 7.69. The highest BCUT2D eigenvalue weighted by atomic mass is 16.1. The first-order valence-electron chi connectivity index (χ1n) is 7.69. The van der Waals surface area contributed by atoms with Gasteiger partial charge in [-0.2, -0.15) is 0 Å². The number of hydrogen-bond donors (Lipinski definition) is 2. The van der Waals surface area contributed by atoms with Crippen molar-refractivity contribution in [3.63, 3.8) is 0 Å². The first-order chi connectivity index (χ1) is 8.63. The fourth-order valence-corrected chi connectivity index (χ4v) is 2.69. The number of amides is 1. The van der Waals surface area contributed by atoms with Gasteiger partial charge in [-0.15, -0.1) is 0 Å². The predicted octanol–water partition coefficient (Wildman–Crippen LogP) is 2.98. The predicted molar refractivity (Wildman–Crippen MR) is 76.3 cm³/mol. The normalized spacial score (nSPS) is 25.7. The van der Waals surface area contributed by atoms with Gasteiger partial charge < -0.3 is 11.1 Å². The van der Waals surface area contributed by atoms with Crippen LogP contribution in [0.3, 0.4) is 0 Å². The third kappa shape index (κ3) is 5.85. The van der Waals surface area contributed by atoms with Gasteiger partial charge in [0.05, 0.1) is 0 Å². The summed E-state index contributed by atoms with van der Waals surface area (Å²) in [6.07, 6.45) is 10.1. The van der Waals surface area contributed by atoms with E-state index in [0.29, 0.717) is 12.1 Å². The van der Waals surface area contributed by atoms with Crippen molar-refractivity contribution < 1.29 is 4.79 Å². The number of hydrogen-bond acceptors (Lipinski definition) is 2. The Hall–Kier alpha value is -0.570. The Morgan fingerprint density at radius 2 is 1.89 bits per heavy atom. The van der Waals surface area contributed by atoms with Crippen LogP contribution < -0.4 is 11.1 Å². The molecule has 1 aliphatic rings. The van der Waals surface area contributed by atoms with Gasteiger partial charge in [0.25, 0.3) is 0 Å². The van der Waals surface area contributed by atoms with Crippen molar-refractivity contribution >= 4 is 5.91 Å². The van der Waals surface area contributed by atoms with Crippen LogP contribution in [0.15, 0.2) is 0 Å². The smallest absolute Gasteiger partial charge is 0.223 e. The van der Waals surface area contributed by atoms with Crippen LogP contribution in [0.25, 0.3) is 0 Å². The maximum absolute atomic E-state index is 12.1. The van der Waals surface area contributed by atoms with Crippen LogP contribution in [0.2, 0.25) is 0 Å². The molecule has 18 heavy (non-hydrogen) atoms. The monoisotopic (exact) mass is 254 g/mol. The average Bonchev–Trinajstić information content (AvgIpc) is 2.35. The van der Waals surface area contributed by atoms with Crippen LogP contribution in [0.4, 0.5) is 0 Å². The molecule has 1 atom stereocenters. The Morgan fingerprint density at radius 3 is 2.50 bits per heavy atom. The summed E-state index contributed by atoms with van der Waals surface area (Å²) >= 11 is 0.